The molecule has 1 saturated carbocycles. The predicted molar refractivity (Wildman–Crippen MR) is 63.8 cm³/mol. The summed E-state index contributed by atoms with van der Waals surface area (Å²) in [6.45, 7) is 4.29. The van der Waals surface area contributed by atoms with Crippen LogP contribution in [0.25, 0.3) is 0 Å². The predicted octanol–water partition coefficient (Wildman–Crippen LogP) is 1.21. The van der Waals surface area contributed by atoms with Crippen molar-refractivity contribution in [3.05, 3.63) is 0 Å². The highest BCUT2D eigenvalue weighted by atomic mass is 16.3. The van der Waals surface area contributed by atoms with Gasteiger partial charge in [0.05, 0.1) is 5.60 Å². The van der Waals surface area contributed by atoms with Crippen LogP contribution in [0.3, 0.4) is 0 Å². The second-order valence-electron chi connectivity index (χ2n) is 5.36. The maximum atomic E-state index is 9.78. The average molecular weight is 214 g/mol. The van der Waals surface area contributed by atoms with Gasteiger partial charge in [-0.05, 0) is 39.2 Å². The Hall–Kier alpha value is -0.120. The highest BCUT2D eigenvalue weighted by Crippen LogP contribution is 2.25. The molecular weight excluding hydrogens is 188 g/mol. The van der Waals surface area contributed by atoms with Crippen LogP contribution in [-0.2, 0) is 0 Å². The Kier molecular flexibility index (Phi) is 5.03. The lowest BCUT2D eigenvalue weighted by atomic mass is 10.0. The Morgan fingerprint density at radius 1 is 1.40 bits per heavy atom. The standard InChI is InChI=1S/C12H26N2O/c1-12(15,10-13)7-8-14(2)9-11-5-3-4-6-11/h11,15H,3-10,13H2,1-2H3. The molecule has 0 aromatic rings. The van der Waals surface area contributed by atoms with Gasteiger partial charge in [-0.15, -0.1) is 0 Å². The van der Waals surface area contributed by atoms with E-state index in [4.69, 9.17) is 5.73 Å². The second kappa shape index (κ2) is 5.83. The Morgan fingerprint density at radius 2 is 2.00 bits per heavy atom. The van der Waals surface area contributed by atoms with E-state index in [9.17, 15) is 5.11 Å². The number of aliphatic hydroxyl groups is 1. The van der Waals surface area contributed by atoms with Crippen LogP contribution in [0, 0.1) is 5.92 Å². The molecule has 3 heteroatoms. The van der Waals surface area contributed by atoms with Gasteiger partial charge >= 0.3 is 0 Å². The third kappa shape index (κ3) is 4.96. The first-order chi connectivity index (χ1) is 7.03. The Morgan fingerprint density at radius 3 is 2.53 bits per heavy atom. The molecule has 3 nitrogen and oxygen atoms in total. The summed E-state index contributed by atoms with van der Waals surface area (Å²) in [5, 5.41) is 9.78. The van der Waals surface area contributed by atoms with Crippen LogP contribution in [0.1, 0.15) is 39.0 Å². The summed E-state index contributed by atoms with van der Waals surface area (Å²) in [4.78, 5) is 2.33. The molecule has 3 N–H and O–H groups in total. The summed E-state index contributed by atoms with van der Waals surface area (Å²) < 4.78 is 0. The number of hydrogen-bond donors (Lipinski definition) is 2. The van der Waals surface area contributed by atoms with Gasteiger partial charge in [-0.25, -0.2) is 0 Å². The van der Waals surface area contributed by atoms with Crippen LogP contribution < -0.4 is 5.73 Å². The maximum Gasteiger partial charge on any atom is 0.0753 e. The Labute approximate surface area is 93.6 Å². The van der Waals surface area contributed by atoms with Crippen molar-refractivity contribution in [1.29, 1.82) is 0 Å². The van der Waals surface area contributed by atoms with Gasteiger partial charge in [-0.1, -0.05) is 12.8 Å². The molecule has 0 bridgehead atoms. The van der Waals surface area contributed by atoms with Gasteiger partial charge in [0, 0.05) is 19.6 Å². The zero-order chi connectivity index (χ0) is 11.3. The molecule has 0 aromatic heterocycles. The van der Waals surface area contributed by atoms with E-state index in [0.717, 1.165) is 18.9 Å². The summed E-state index contributed by atoms with van der Waals surface area (Å²) in [7, 11) is 2.14. The van der Waals surface area contributed by atoms with Gasteiger partial charge in [0.1, 0.15) is 0 Å². The van der Waals surface area contributed by atoms with E-state index in [2.05, 4.69) is 11.9 Å². The quantitative estimate of drug-likeness (QED) is 0.698. The van der Waals surface area contributed by atoms with E-state index in [1.807, 2.05) is 6.92 Å². The van der Waals surface area contributed by atoms with Crippen LogP contribution in [0.15, 0.2) is 0 Å². The zero-order valence-electron chi connectivity index (χ0n) is 10.2. The van der Waals surface area contributed by atoms with Crippen molar-refractivity contribution in [3.63, 3.8) is 0 Å². The molecule has 1 rings (SSSR count). The van der Waals surface area contributed by atoms with Crippen molar-refractivity contribution in [2.75, 3.05) is 26.7 Å². The number of nitrogens with zero attached hydrogens (tertiary/aromatic N) is 1. The van der Waals surface area contributed by atoms with Gasteiger partial charge in [-0.2, -0.15) is 0 Å². The van der Waals surface area contributed by atoms with Crippen molar-refractivity contribution in [2.45, 2.75) is 44.6 Å². The van der Waals surface area contributed by atoms with Crippen LogP contribution in [0.2, 0.25) is 0 Å². The minimum Gasteiger partial charge on any atom is -0.389 e. The van der Waals surface area contributed by atoms with Gasteiger partial charge in [-0.3, -0.25) is 0 Å². The molecular formula is C12H26N2O. The first kappa shape index (κ1) is 12.9. The fourth-order valence-corrected chi connectivity index (χ4v) is 2.26. The first-order valence-electron chi connectivity index (χ1n) is 6.14. The molecule has 1 atom stereocenters. The lowest BCUT2D eigenvalue weighted by molar-refractivity contribution is 0.0490. The summed E-state index contributed by atoms with van der Waals surface area (Å²) in [5.74, 6) is 0.887. The minimum atomic E-state index is -0.691. The molecule has 0 radical (unpaired) electrons. The topological polar surface area (TPSA) is 49.5 Å². The Bertz CT molecular complexity index is 176. The first-order valence-corrected chi connectivity index (χ1v) is 6.14. The lowest BCUT2D eigenvalue weighted by Crippen LogP contribution is -2.38. The molecule has 0 aliphatic heterocycles. The lowest BCUT2D eigenvalue weighted by Gasteiger charge is -2.26. The Balaban J connectivity index is 2.15. The van der Waals surface area contributed by atoms with Crippen LogP contribution in [0.5, 0.6) is 0 Å². The van der Waals surface area contributed by atoms with Crippen LogP contribution in [-0.4, -0.2) is 42.3 Å². The van der Waals surface area contributed by atoms with Crippen LogP contribution in [0.4, 0.5) is 0 Å². The summed E-state index contributed by atoms with van der Waals surface area (Å²) in [6, 6.07) is 0. The van der Waals surface area contributed by atoms with E-state index in [1.165, 1.54) is 32.2 Å². The fourth-order valence-electron chi connectivity index (χ4n) is 2.26. The van der Waals surface area contributed by atoms with E-state index < -0.39 is 5.60 Å². The molecule has 1 unspecified atom stereocenters. The van der Waals surface area contributed by atoms with E-state index in [-0.39, 0.29) is 0 Å². The summed E-state index contributed by atoms with van der Waals surface area (Å²) >= 11 is 0. The third-order valence-electron chi connectivity index (χ3n) is 3.52. The number of nitrogens with two attached hydrogens (primary N) is 1. The highest BCUT2D eigenvalue weighted by Gasteiger charge is 2.20. The average Bonchev–Trinajstić information content (AvgIpc) is 2.68. The summed E-state index contributed by atoms with van der Waals surface area (Å²) in [6.07, 6.45) is 6.35. The van der Waals surface area contributed by atoms with E-state index >= 15 is 0 Å². The minimum absolute atomic E-state index is 0.351. The largest absolute Gasteiger partial charge is 0.389 e. The van der Waals surface area contributed by atoms with Gasteiger partial charge in [0.25, 0.3) is 0 Å². The molecule has 0 heterocycles. The van der Waals surface area contributed by atoms with E-state index in [0.29, 0.717) is 6.54 Å². The van der Waals surface area contributed by atoms with E-state index in [1.54, 1.807) is 0 Å². The molecule has 0 aromatic carbocycles. The van der Waals surface area contributed by atoms with Gasteiger partial charge < -0.3 is 15.7 Å². The highest BCUT2D eigenvalue weighted by molar-refractivity contribution is 4.76. The van der Waals surface area contributed by atoms with Crippen molar-refractivity contribution in [1.82, 2.24) is 4.90 Å². The van der Waals surface area contributed by atoms with Gasteiger partial charge in [0.15, 0.2) is 0 Å². The number of hydrogen-bond acceptors (Lipinski definition) is 3. The fraction of sp³-hybridized carbons (Fsp3) is 1.00. The molecule has 1 fully saturated rings. The molecule has 1 aliphatic carbocycles. The van der Waals surface area contributed by atoms with Crippen molar-refractivity contribution < 1.29 is 5.11 Å². The maximum absolute atomic E-state index is 9.78. The molecule has 90 valence electrons. The number of rotatable bonds is 6. The SMILES string of the molecule is CN(CCC(C)(O)CN)CC1CCCC1. The van der Waals surface area contributed by atoms with Crippen molar-refractivity contribution in [2.24, 2.45) is 11.7 Å². The molecule has 1 aliphatic rings. The normalized spacial score (nSPS) is 22.2. The van der Waals surface area contributed by atoms with Crippen molar-refractivity contribution >= 4 is 0 Å². The van der Waals surface area contributed by atoms with Crippen LogP contribution >= 0.6 is 0 Å². The monoisotopic (exact) mass is 214 g/mol. The molecule has 0 amide bonds. The molecule has 0 saturated heterocycles. The summed E-state index contributed by atoms with van der Waals surface area (Å²) in [5.41, 5.74) is 4.80. The van der Waals surface area contributed by atoms with Gasteiger partial charge in [0.2, 0.25) is 0 Å². The second-order valence-corrected chi connectivity index (χ2v) is 5.36. The zero-order valence-corrected chi connectivity index (χ0v) is 10.2. The smallest absolute Gasteiger partial charge is 0.0753 e. The molecule has 0 spiro atoms. The molecule has 15 heavy (non-hydrogen) atoms. The third-order valence-corrected chi connectivity index (χ3v) is 3.52. The van der Waals surface area contributed by atoms with Crippen molar-refractivity contribution in [3.8, 4) is 0 Å².